The third kappa shape index (κ3) is 5.50. The number of rotatable bonds is 6. The molecule has 4 heteroatoms. The molecule has 1 amide bonds. The van der Waals surface area contributed by atoms with Gasteiger partial charge in [0.25, 0.3) is 0 Å². The van der Waals surface area contributed by atoms with E-state index in [1.165, 1.54) is 0 Å². The molecule has 0 bridgehead atoms. The summed E-state index contributed by atoms with van der Waals surface area (Å²) in [6, 6.07) is 0. The Bertz CT molecular complexity index is 223. The molecule has 1 aliphatic rings. The highest BCUT2D eigenvalue weighted by molar-refractivity contribution is 5.78. The Kier molecular flexibility index (Phi) is 6.52. The van der Waals surface area contributed by atoms with Crippen LogP contribution < -0.4 is 5.32 Å². The van der Waals surface area contributed by atoms with Gasteiger partial charge < -0.3 is 10.2 Å². The van der Waals surface area contributed by atoms with E-state index in [0.29, 0.717) is 12.5 Å². The number of hydrogen-bond acceptors (Lipinski definition) is 3. The normalized spacial score (nSPS) is 17.8. The van der Waals surface area contributed by atoms with Crippen molar-refractivity contribution in [1.29, 1.82) is 0 Å². The van der Waals surface area contributed by atoms with Gasteiger partial charge in [-0.25, -0.2) is 0 Å². The fraction of sp³-hybridized carbons (Fsp3) is 0.923. The summed E-state index contributed by atoms with van der Waals surface area (Å²) >= 11 is 0. The van der Waals surface area contributed by atoms with Crippen molar-refractivity contribution >= 4 is 5.91 Å². The average Bonchev–Trinajstić information content (AvgIpc) is 2.29. The van der Waals surface area contributed by atoms with Crippen LogP contribution in [0.3, 0.4) is 0 Å². The number of carbonyl (C=O) groups is 1. The smallest absolute Gasteiger partial charge is 0.236 e. The van der Waals surface area contributed by atoms with E-state index in [1.807, 2.05) is 4.90 Å². The summed E-state index contributed by atoms with van der Waals surface area (Å²) in [5.74, 6) is 0.964. The van der Waals surface area contributed by atoms with Gasteiger partial charge in [-0.3, -0.25) is 9.69 Å². The van der Waals surface area contributed by atoms with Crippen molar-refractivity contribution in [3.8, 4) is 0 Å². The van der Waals surface area contributed by atoms with E-state index >= 15 is 0 Å². The van der Waals surface area contributed by atoms with Gasteiger partial charge in [-0.1, -0.05) is 20.8 Å². The Labute approximate surface area is 105 Å². The SMILES string of the molecule is CCCNCC(=O)N1CCN(CC(C)C)CC1. The van der Waals surface area contributed by atoms with Crippen LogP contribution in [0.15, 0.2) is 0 Å². The molecule has 1 heterocycles. The van der Waals surface area contributed by atoms with Crippen molar-refractivity contribution in [2.45, 2.75) is 27.2 Å². The minimum absolute atomic E-state index is 0.252. The van der Waals surface area contributed by atoms with Crippen molar-refractivity contribution < 1.29 is 4.79 Å². The summed E-state index contributed by atoms with van der Waals surface area (Å²) in [5, 5.41) is 3.17. The van der Waals surface area contributed by atoms with Gasteiger partial charge >= 0.3 is 0 Å². The minimum atomic E-state index is 0.252. The van der Waals surface area contributed by atoms with Crippen molar-refractivity contribution in [2.24, 2.45) is 5.92 Å². The van der Waals surface area contributed by atoms with E-state index in [4.69, 9.17) is 0 Å². The lowest BCUT2D eigenvalue weighted by Crippen LogP contribution is -2.51. The summed E-state index contributed by atoms with van der Waals surface area (Å²) < 4.78 is 0. The Morgan fingerprint density at radius 1 is 1.24 bits per heavy atom. The second kappa shape index (κ2) is 7.67. The van der Waals surface area contributed by atoms with Crippen LogP contribution in [-0.2, 0) is 4.79 Å². The number of nitrogens with one attached hydrogen (secondary N) is 1. The van der Waals surface area contributed by atoms with Crippen LogP contribution in [0.4, 0.5) is 0 Å². The van der Waals surface area contributed by atoms with Gasteiger partial charge in [0.05, 0.1) is 6.54 Å². The highest BCUT2D eigenvalue weighted by Crippen LogP contribution is 2.05. The molecular formula is C13H27N3O. The lowest BCUT2D eigenvalue weighted by Gasteiger charge is -2.35. The zero-order valence-corrected chi connectivity index (χ0v) is 11.5. The number of nitrogens with zero attached hydrogens (tertiary/aromatic N) is 2. The Balaban J connectivity index is 2.19. The number of amides is 1. The largest absolute Gasteiger partial charge is 0.339 e. The summed E-state index contributed by atoms with van der Waals surface area (Å²) in [4.78, 5) is 16.3. The van der Waals surface area contributed by atoms with Crippen LogP contribution in [-0.4, -0.2) is 61.5 Å². The van der Waals surface area contributed by atoms with Crippen molar-refractivity contribution in [3.63, 3.8) is 0 Å². The van der Waals surface area contributed by atoms with Crippen LogP contribution >= 0.6 is 0 Å². The molecule has 1 fully saturated rings. The summed E-state index contributed by atoms with van der Waals surface area (Å²) in [6.07, 6.45) is 1.08. The maximum Gasteiger partial charge on any atom is 0.236 e. The number of piperazine rings is 1. The molecule has 0 aromatic carbocycles. The average molecular weight is 241 g/mol. The quantitative estimate of drug-likeness (QED) is 0.698. The summed E-state index contributed by atoms with van der Waals surface area (Å²) in [5.41, 5.74) is 0. The highest BCUT2D eigenvalue weighted by Gasteiger charge is 2.20. The van der Waals surface area contributed by atoms with Crippen LogP contribution in [0, 0.1) is 5.92 Å². The molecule has 0 unspecified atom stereocenters. The molecule has 1 rings (SSSR count). The lowest BCUT2D eigenvalue weighted by molar-refractivity contribution is -0.132. The molecular weight excluding hydrogens is 214 g/mol. The molecule has 0 saturated carbocycles. The van der Waals surface area contributed by atoms with Gasteiger partial charge in [-0.15, -0.1) is 0 Å². The van der Waals surface area contributed by atoms with E-state index in [2.05, 4.69) is 31.0 Å². The zero-order chi connectivity index (χ0) is 12.7. The predicted octanol–water partition coefficient (Wildman–Crippen LogP) is 0.786. The first-order valence-corrected chi connectivity index (χ1v) is 6.84. The second-order valence-electron chi connectivity index (χ2n) is 5.25. The van der Waals surface area contributed by atoms with Gasteiger partial charge in [-0.05, 0) is 18.9 Å². The van der Waals surface area contributed by atoms with Crippen LogP contribution in [0.1, 0.15) is 27.2 Å². The van der Waals surface area contributed by atoms with Crippen LogP contribution in [0.2, 0.25) is 0 Å². The van der Waals surface area contributed by atoms with Crippen molar-refractivity contribution in [1.82, 2.24) is 15.1 Å². The molecule has 0 aromatic heterocycles. The van der Waals surface area contributed by atoms with Gasteiger partial charge in [-0.2, -0.15) is 0 Å². The van der Waals surface area contributed by atoms with Gasteiger partial charge in [0.1, 0.15) is 0 Å². The fourth-order valence-electron chi connectivity index (χ4n) is 2.18. The Morgan fingerprint density at radius 3 is 2.41 bits per heavy atom. The van der Waals surface area contributed by atoms with Gasteiger partial charge in [0.2, 0.25) is 5.91 Å². The Hall–Kier alpha value is -0.610. The lowest BCUT2D eigenvalue weighted by atomic mass is 10.2. The number of carbonyl (C=O) groups excluding carboxylic acids is 1. The monoisotopic (exact) mass is 241 g/mol. The minimum Gasteiger partial charge on any atom is -0.339 e. The molecule has 0 radical (unpaired) electrons. The van der Waals surface area contributed by atoms with Crippen LogP contribution in [0.5, 0.6) is 0 Å². The first-order chi connectivity index (χ1) is 8.13. The standard InChI is InChI=1S/C13H27N3O/c1-4-5-14-10-13(17)16-8-6-15(7-9-16)11-12(2)3/h12,14H,4-11H2,1-3H3. The van der Waals surface area contributed by atoms with E-state index in [9.17, 15) is 4.79 Å². The molecule has 1 N–H and O–H groups in total. The van der Waals surface area contributed by atoms with Gasteiger partial charge in [0.15, 0.2) is 0 Å². The topological polar surface area (TPSA) is 35.6 Å². The molecule has 17 heavy (non-hydrogen) atoms. The zero-order valence-electron chi connectivity index (χ0n) is 11.5. The van der Waals surface area contributed by atoms with Crippen molar-refractivity contribution in [2.75, 3.05) is 45.8 Å². The highest BCUT2D eigenvalue weighted by atomic mass is 16.2. The second-order valence-corrected chi connectivity index (χ2v) is 5.25. The summed E-state index contributed by atoms with van der Waals surface area (Å²) in [7, 11) is 0. The molecule has 0 aliphatic carbocycles. The van der Waals surface area contributed by atoms with E-state index in [-0.39, 0.29) is 5.91 Å². The maximum atomic E-state index is 11.8. The Morgan fingerprint density at radius 2 is 1.88 bits per heavy atom. The summed E-state index contributed by atoms with van der Waals surface area (Å²) in [6.45, 7) is 13.0. The molecule has 4 nitrogen and oxygen atoms in total. The van der Waals surface area contributed by atoms with Crippen molar-refractivity contribution in [3.05, 3.63) is 0 Å². The maximum absolute atomic E-state index is 11.8. The van der Waals surface area contributed by atoms with Crippen LogP contribution in [0.25, 0.3) is 0 Å². The van der Waals surface area contributed by atoms with E-state index < -0.39 is 0 Å². The first-order valence-electron chi connectivity index (χ1n) is 6.84. The third-order valence-electron chi connectivity index (χ3n) is 3.05. The molecule has 100 valence electrons. The molecule has 0 atom stereocenters. The van der Waals surface area contributed by atoms with E-state index in [1.54, 1.807) is 0 Å². The van der Waals surface area contributed by atoms with E-state index in [0.717, 1.165) is 45.7 Å². The van der Waals surface area contributed by atoms with Gasteiger partial charge in [0, 0.05) is 32.7 Å². The molecule has 1 saturated heterocycles. The molecule has 0 aromatic rings. The molecule has 1 aliphatic heterocycles. The predicted molar refractivity (Wildman–Crippen MR) is 71.0 cm³/mol. The third-order valence-corrected chi connectivity index (χ3v) is 3.05. The number of hydrogen-bond donors (Lipinski definition) is 1. The first kappa shape index (κ1) is 14.5. The fourth-order valence-corrected chi connectivity index (χ4v) is 2.18. The molecule has 0 spiro atoms.